The number of thioether (sulfide) groups is 1. The molecule has 1 atom stereocenters. The minimum absolute atomic E-state index is 0.238. The van der Waals surface area contributed by atoms with Crippen molar-refractivity contribution in [2.45, 2.75) is 24.3 Å². The number of allylic oxidation sites excluding steroid dienone is 2. The van der Waals surface area contributed by atoms with Gasteiger partial charge >= 0.3 is 5.97 Å². The van der Waals surface area contributed by atoms with E-state index in [1.807, 2.05) is 11.8 Å². The van der Waals surface area contributed by atoms with Crippen LogP contribution >= 0.6 is 19.3 Å². The van der Waals surface area contributed by atoms with Gasteiger partial charge in [-0.25, -0.2) is 0 Å². The lowest BCUT2D eigenvalue weighted by atomic mass is 9.99. The van der Waals surface area contributed by atoms with Crippen LogP contribution in [0.25, 0.3) is 5.57 Å². The van der Waals surface area contributed by atoms with Crippen LogP contribution in [0.3, 0.4) is 0 Å². The summed E-state index contributed by atoms with van der Waals surface area (Å²) in [5.41, 5.74) is 4.97. The predicted octanol–water partition coefficient (Wildman–Crippen LogP) is 6.24. The van der Waals surface area contributed by atoms with E-state index in [9.17, 15) is 4.79 Å². The van der Waals surface area contributed by atoms with Crippen molar-refractivity contribution in [3.63, 3.8) is 0 Å². The van der Waals surface area contributed by atoms with E-state index in [-0.39, 0.29) is 6.42 Å². The van der Waals surface area contributed by atoms with E-state index in [1.165, 1.54) is 37.2 Å². The lowest BCUT2D eigenvalue weighted by Crippen LogP contribution is -2.19. The van der Waals surface area contributed by atoms with Gasteiger partial charge in [-0.2, -0.15) is 0 Å². The van der Waals surface area contributed by atoms with Crippen molar-refractivity contribution >= 4 is 46.5 Å². The first-order valence-corrected chi connectivity index (χ1v) is 13.7. The Kier molecular flexibility index (Phi) is 6.57. The highest BCUT2D eigenvalue weighted by atomic mass is 32.2. The summed E-state index contributed by atoms with van der Waals surface area (Å²) in [5.74, 6) is -0.709. The van der Waals surface area contributed by atoms with E-state index in [2.05, 4.69) is 102 Å². The minimum Gasteiger partial charge on any atom is -0.481 e. The monoisotopic (exact) mass is 471 g/mol. The van der Waals surface area contributed by atoms with Crippen LogP contribution in [0.5, 0.6) is 0 Å². The second-order valence-electron chi connectivity index (χ2n) is 8.23. The third-order valence-electron chi connectivity index (χ3n) is 5.99. The van der Waals surface area contributed by atoms with E-state index in [0.717, 1.165) is 19.1 Å². The molecule has 0 fully saturated rings. The molecule has 3 nitrogen and oxygen atoms in total. The largest absolute Gasteiger partial charge is 0.481 e. The first-order chi connectivity index (χ1) is 16.2. The van der Waals surface area contributed by atoms with Crippen LogP contribution < -0.4 is 10.2 Å². The normalized spacial score (nSPS) is 17.8. The van der Waals surface area contributed by atoms with E-state index < -0.39 is 13.5 Å². The number of para-hydroxylation sites is 1. The highest BCUT2D eigenvalue weighted by Gasteiger charge is 2.22. The minimum atomic E-state index is -0.972. The maximum absolute atomic E-state index is 11.1. The van der Waals surface area contributed by atoms with Gasteiger partial charge in [-0.1, -0.05) is 86.0 Å². The topological polar surface area (TPSA) is 40.5 Å². The lowest BCUT2D eigenvalue weighted by molar-refractivity contribution is -0.137. The molecule has 0 spiro atoms. The van der Waals surface area contributed by atoms with E-state index in [1.54, 1.807) is 0 Å². The van der Waals surface area contributed by atoms with Gasteiger partial charge in [-0.15, -0.1) is 0 Å². The van der Waals surface area contributed by atoms with Crippen LogP contribution in [0.2, 0.25) is 0 Å². The molecule has 166 valence electrons. The molecule has 0 saturated heterocycles. The number of nitrogens with zero attached hydrogens (tertiary/aromatic N) is 1. The molecule has 0 radical (unpaired) electrons. The van der Waals surface area contributed by atoms with Gasteiger partial charge in [0.1, 0.15) is 0 Å². The van der Waals surface area contributed by atoms with E-state index in [0.29, 0.717) is 0 Å². The second kappa shape index (κ2) is 9.91. The van der Waals surface area contributed by atoms with Gasteiger partial charge in [-0.05, 0) is 53.3 Å². The fraction of sp³-hybridized carbons (Fsp3) is 0.143. The second-order valence-corrected chi connectivity index (χ2v) is 12.2. The van der Waals surface area contributed by atoms with Crippen LogP contribution in [0.4, 0.5) is 5.69 Å². The van der Waals surface area contributed by atoms with Gasteiger partial charge in [-0.3, -0.25) is 4.79 Å². The summed E-state index contributed by atoms with van der Waals surface area (Å²) in [6, 6.07) is 27.8. The van der Waals surface area contributed by atoms with Gasteiger partial charge in [0.2, 0.25) is 0 Å². The van der Waals surface area contributed by atoms with Gasteiger partial charge in [0.15, 0.2) is 0 Å². The number of carboxylic acid groups (broad SMARTS) is 1. The Morgan fingerprint density at radius 3 is 2.58 bits per heavy atom. The molecule has 33 heavy (non-hydrogen) atoms. The maximum atomic E-state index is 11.1. The number of fused-ring (bicyclic) bond motifs is 2. The predicted molar refractivity (Wildman–Crippen MR) is 143 cm³/mol. The van der Waals surface area contributed by atoms with Crippen LogP contribution in [0.15, 0.2) is 102 Å². The van der Waals surface area contributed by atoms with Crippen LogP contribution in [0, 0.1) is 0 Å². The summed E-state index contributed by atoms with van der Waals surface area (Å²) in [5, 5.41) is 10.5. The number of hydrogen-bond donors (Lipinski definition) is 1. The smallest absolute Gasteiger partial charge is 0.303 e. The SMILES string of the molecule is O=C(O)CCC[PH]1=C(/C=C2\C=CN(Cc3ccccc3)c3ccccc32)Sc2ccccc21. The average Bonchev–Trinajstić information content (AvgIpc) is 3.18. The molecule has 3 aromatic carbocycles. The summed E-state index contributed by atoms with van der Waals surface area (Å²) in [6.07, 6.45) is 8.68. The van der Waals surface area contributed by atoms with Crippen LogP contribution in [0.1, 0.15) is 24.0 Å². The van der Waals surface area contributed by atoms with Crippen molar-refractivity contribution in [3.05, 3.63) is 108 Å². The first-order valence-electron chi connectivity index (χ1n) is 11.2. The number of rotatable bonds is 7. The molecule has 0 saturated carbocycles. The Morgan fingerprint density at radius 1 is 0.970 bits per heavy atom. The molecule has 0 amide bonds. The Labute approximate surface area is 199 Å². The van der Waals surface area contributed by atoms with Gasteiger partial charge < -0.3 is 10.0 Å². The Bertz CT molecular complexity index is 1280. The molecule has 5 rings (SSSR count). The zero-order valence-electron chi connectivity index (χ0n) is 18.3. The molecule has 0 aliphatic carbocycles. The standard InChI is InChI=1S/C28H26NO2PS/c30-27(31)15-8-18-32-25-13-6-7-14-26(25)33-28(32)19-22-16-17-29(20-21-9-2-1-3-10-21)24-12-5-4-11-23(22)24/h1-7,9-14,16-17,19,32H,8,15,18,20H2,(H,30,31)/b22-19+. The van der Waals surface area contributed by atoms with Crippen LogP contribution in [-0.4, -0.2) is 21.9 Å². The lowest BCUT2D eigenvalue weighted by Gasteiger charge is -2.28. The molecule has 0 aromatic heterocycles. The highest BCUT2D eigenvalue weighted by Crippen LogP contribution is 2.45. The van der Waals surface area contributed by atoms with Crippen LogP contribution in [-0.2, 0) is 11.3 Å². The summed E-state index contributed by atoms with van der Waals surface area (Å²) in [7, 11) is -0.972. The molecule has 5 heteroatoms. The fourth-order valence-corrected chi connectivity index (χ4v) is 9.45. The molecule has 2 aliphatic heterocycles. The third-order valence-corrected chi connectivity index (χ3v) is 10.8. The summed E-state index contributed by atoms with van der Waals surface area (Å²) in [4.78, 5) is 14.7. The summed E-state index contributed by atoms with van der Waals surface area (Å²) < 4.78 is 1.40. The zero-order chi connectivity index (χ0) is 22.6. The Hall–Kier alpha value is -2.94. The molecule has 1 N–H and O–H groups in total. The summed E-state index contributed by atoms with van der Waals surface area (Å²) >= 11 is 1.87. The molecule has 2 aliphatic rings. The number of aliphatic carboxylic acids is 1. The van der Waals surface area contributed by atoms with Gasteiger partial charge in [0, 0.05) is 39.9 Å². The van der Waals surface area contributed by atoms with E-state index in [4.69, 9.17) is 5.11 Å². The third kappa shape index (κ3) is 4.88. The van der Waals surface area contributed by atoms with E-state index >= 15 is 0 Å². The zero-order valence-corrected chi connectivity index (χ0v) is 20.1. The molecular weight excluding hydrogens is 445 g/mol. The molecule has 3 aromatic rings. The fourth-order valence-electron chi connectivity index (χ4n) is 4.40. The van der Waals surface area contributed by atoms with Crippen molar-refractivity contribution in [3.8, 4) is 0 Å². The van der Waals surface area contributed by atoms with Crippen molar-refractivity contribution in [1.29, 1.82) is 0 Å². The molecular formula is C28H26NO2PS. The van der Waals surface area contributed by atoms with Crippen molar-refractivity contribution in [1.82, 2.24) is 0 Å². The first kappa shape index (κ1) is 21.9. The number of carbonyl (C=O) groups is 1. The number of hydrogen-bond acceptors (Lipinski definition) is 3. The number of carboxylic acids is 1. The Morgan fingerprint density at radius 2 is 1.73 bits per heavy atom. The Balaban J connectivity index is 1.49. The van der Waals surface area contributed by atoms with Crippen molar-refractivity contribution in [2.75, 3.05) is 11.1 Å². The molecule has 2 heterocycles. The average molecular weight is 472 g/mol. The van der Waals surface area contributed by atoms with Gasteiger partial charge in [0.25, 0.3) is 0 Å². The van der Waals surface area contributed by atoms with Crippen molar-refractivity contribution < 1.29 is 9.90 Å². The van der Waals surface area contributed by atoms with Crippen molar-refractivity contribution in [2.24, 2.45) is 0 Å². The molecule has 0 bridgehead atoms. The number of anilines is 1. The number of benzene rings is 3. The summed E-state index contributed by atoms with van der Waals surface area (Å²) in [6.45, 7) is 0.836. The quantitative estimate of drug-likeness (QED) is 0.414. The molecule has 1 unspecified atom stereocenters. The van der Waals surface area contributed by atoms with Gasteiger partial charge in [0.05, 0.1) is 0 Å². The highest BCUT2D eigenvalue weighted by molar-refractivity contribution is 8.23. The maximum Gasteiger partial charge on any atom is 0.303 e.